The molecule has 1 rings (SSSR count). The van der Waals surface area contributed by atoms with Crippen molar-refractivity contribution in [2.45, 2.75) is 19.9 Å². The topological polar surface area (TPSA) is 23.6 Å². The highest BCUT2D eigenvalue weighted by Gasteiger charge is 2.24. The van der Waals surface area contributed by atoms with E-state index in [1.807, 2.05) is 11.8 Å². The van der Waals surface area contributed by atoms with Crippen LogP contribution in [0.3, 0.4) is 0 Å². The molecule has 1 atom stereocenters. The number of hydrogen-bond acceptors (Lipinski definition) is 2. The quantitative estimate of drug-likeness (QED) is 0.630. The maximum Gasteiger partial charge on any atom is 0.219 e. The van der Waals surface area contributed by atoms with Crippen LogP contribution >= 0.6 is 0 Å². The van der Waals surface area contributed by atoms with E-state index in [2.05, 4.69) is 4.90 Å². The Hall–Kier alpha value is -0.640. The molecule has 1 aliphatic heterocycles. The second-order valence-electron chi connectivity index (χ2n) is 3.54. The number of carbonyl (C=O) groups is 1. The van der Waals surface area contributed by atoms with Gasteiger partial charge in [-0.25, -0.2) is 4.39 Å². The summed E-state index contributed by atoms with van der Waals surface area (Å²) in [5.74, 6) is 0.117. The van der Waals surface area contributed by atoms with Crippen LogP contribution in [0, 0.1) is 0 Å². The second kappa shape index (κ2) is 4.56. The van der Waals surface area contributed by atoms with Crippen molar-refractivity contribution in [2.24, 2.45) is 0 Å². The van der Waals surface area contributed by atoms with Crippen LogP contribution in [0.5, 0.6) is 0 Å². The highest BCUT2D eigenvalue weighted by atomic mass is 19.1. The predicted octanol–water partition coefficient (Wildman–Crippen LogP) is 0.508. The van der Waals surface area contributed by atoms with Gasteiger partial charge in [-0.15, -0.1) is 0 Å². The van der Waals surface area contributed by atoms with Crippen molar-refractivity contribution in [3.8, 4) is 0 Å². The molecule has 1 unspecified atom stereocenters. The van der Waals surface area contributed by atoms with Gasteiger partial charge >= 0.3 is 0 Å². The van der Waals surface area contributed by atoms with Gasteiger partial charge in [-0.3, -0.25) is 9.69 Å². The van der Waals surface area contributed by atoms with E-state index in [9.17, 15) is 9.18 Å². The van der Waals surface area contributed by atoms with Crippen LogP contribution in [-0.4, -0.2) is 54.6 Å². The van der Waals surface area contributed by atoms with Crippen molar-refractivity contribution in [3.05, 3.63) is 0 Å². The molecule has 1 heterocycles. The number of hydrogen-bond donors (Lipinski definition) is 0. The lowest BCUT2D eigenvalue weighted by Gasteiger charge is -2.39. The third kappa shape index (κ3) is 2.66. The molecule has 0 aromatic rings. The van der Waals surface area contributed by atoms with Gasteiger partial charge in [-0.2, -0.15) is 0 Å². The highest BCUT2D eigenvalue weighted by molar-refractivity contribution is 5.73. The van der Waals surface area contributed by atoms with Crippen LogP contribution in [0.25, 0.3) is 0 Å². The zero-order valence-corrected chi connectivity index (χ0v) is 8.29. The summed E-state index contributed by atoms with van der Waals surface area (Å²) in [6.07, 6.45) is 0. The molecule has 0 saturated carbocycles. The van der Waals surface area contributed by atoms with Gasteiger partial charge in [0.15, 0.2) is 0 Å². The van der Waals surface area contributed by atoms with Crippen molar-refractivity contribution in [1.29, 1.82) is 0 Å². The molecule has 1 fully saturated rings. The predicted molar refractivity (Wildman–Crippen MR) is 49.3 cm³/mol. The maximum absolute atomic E-state index is 12.1. The fourth-order valence-corrected chi connectivity index (χ4v) is 1.72. The van der Waals surface area contributed by atoms with Gasteiger partial charge in [0.1, 0.15) is 6.67 Å². The first-order chi connectivity index (χ1) is 6.15. The number of amides is 1. The second-order valence-corrected chi connectivity index (χ2v) is 3.54. The van der Waals surface area contributed by atoms with Crippen LogP contribution in [0.1, 0.15) is 13.8 Å². The van der Waals surface area contributed by atoms with E-state index >= 15 is 0 Å². The molecular formula is C9H17FN2O. The summed E-state index contributed by atoms with van der Waals surface area (Å²) < 4.78 is 12.1. The van der Waals surface area contributed by atoms with Crippen molar-refractivity contribution < 1.29 is 9.18 Å². The summed E-state index contributed by atoms with van der Waals surface area (Å²) in [5, 5.41) is 0. The van der Waals surface area contributed by atoms with Gasteiger partial charge in [0, 0.05) is 39.1 Å². The van der Waals surface area contributed by atoms with Gasteiger partial charge in [0.25, 0.3) is 0 Å². The Morgan fingerprint density at radius 2 is 2.23 bits per heavy atom. The lowest BCUT2D eigenvalue weighted by atomic mass is 10.2. The average molecular weight is 188 g/mol. The minimum Gasteiger partial charge on any atom is -0.340 e. The molecule has 1 amide bonds. The average Bonchev–Trinajstić information content (AvgIpc) is 2.08. The molecule has 0 aromatic heterocycles. The van der Waals surface area contributed by atoms with Crippen LogP contribution < -0.4 is 0 Å². The third-order valence-electron chi connectivity index (χ3n) is 2.58. The first kappa shape index (κ1) is 10.4. The Balaban J connectivity index is 2.41. The number of carbonyl (C=O) groups excluding carboxylic acids is 1. The molecule has 1 saturated heterocycles. The van der Waals surface area contributed by atoms with E-state index in [1.54, 1.807) is 6.92 Å². The SMILES string of the molecule is CC(=O)N1CCN(CCF)C(C)C1. The smallest absolute Gasteiger partial charge is 0.219 e. The molecule has 0 bridgehead atoms. The number of alkyl halides is 1. The van der Waals surface area contributed by atoms with Gasteiger partial charge in [-0.1, -0.05) is 0 Å². The monoisotopic (exact) mass is 188 g/mol. The fourth-order valence-electron chi connectivity index (χ4n) is 1.72. The summed E-state index contributed by atoms with van der Waals surface area (Å²) in [6, 6.07) is 0.286. The van der Waals surface area contributed by atoms with Crippen molar-refractivity contribution in [3.63, 3.8) is 0 Å². The Morgan fingerprint density at radius 1 is 1.54 bits per heavy atom. The molecule has 0 aromatic carbocycles. The zero-order chi connectivity index (χ0) is 9.84. The van der Waals surface area contributed by atoms with Crippen molar-refractivity contribution in [1.82, 2.24) is 9.80 Å². The van der Waals surface area contributed by atoms with Crippen LogP contribution in [0.15, 0.2) is 0 Å². The Bertz CT molecular complexity index is 186. The number of nitrogens with zero attached hydrogens (tertiary/aromatic N) is 2. The lowest BCUT2D eigenvalue weighted by molar-refractivity contribution is -0.131. The van der Waals surface area contributed by atoms with Gasteiger partial charge in [-0.05, 0) is 6.92 Å². The Labute approximate surface area is 78.5 Å². The normalized spacial score (nSPS) is 24.8. The molecular weight excluding hydrogens is 171 g/mol. The zero-order valence-electron chi connectivity index (χ0n) is 8.29. The molecule has 0 spiro atoms. The summed E-state index contributed by atoms with van der Waals surface area (Å²) >= 11 is 0. The minimum absolute atomic E-state index is 0.117. The van der Waals surface area contributed by atoms with Gasteiger partial charge in [0.2, 0.25) is 5.91 Å². The molecule has 0 N–H and O–H groups in total. The van der Waals surface area contributed by atoms with Gasteiger partial charge in [0.05, 0.1) is 0 Å². The molecule has 4 heteroatoms. The molecule has 3 nitrogen and oxygen atoms in total. The standard InChI is InChI=1S/C9H17FN2O/c1-8-7-12(9(2)13)6-5-11(8)4-3-10/h8H,3-7H2,1-2H3. The lowest BCUT2D eigenvalue weighted by Crippen LogP contribution is -2.53. The van der Waals surface area contributed by atoms with Gasteiger partial charge < -0.3 is 4.90 Å². The fraction of sp³-hybridized carbons (Fsp3) is 0.889. The molecule has 0 radical (unpaired) electrons. The van der Waals surface area contributed by atoms with E-state index in [4.69, 9.17) is 0 Å². The molecule has 1 aliphatic rings. The summed E-state index contributed by atoms with van der Waals surface area (Å²) in [5.41, 5.74) is 0. The van der Waals surface area contributed by atoms with Crippen molar-refractivity contribution >= 4 is 5.91 Å². The van der Waals surface area contributed by atoms with Crippen LogP contribution in [-0.2, 0) is 4.79 Å². The minimum atomic E-state index is -0.301. The van der Waals surface area contributed by atoms with E-state index in [1.165, 1.54) is 0 Å². The Kier molecular flexibility index (Phi) is 3.66. The van der Waals surface area contributed by atoms with E-state index < -0.39 is 0 Å². The largest absolute Gasteiger partial charge is 0.340 e. The molecule has 13 heavy (non-hydrogen) atoms. The summed E-state index contributed by atoms with van der Waals surface area (Å²) in [7, 11) is 0. The summed E-state index contributed by atoms with van der Waals surface area (Å²) in [4.78, 5) is 14.9. The highest BCUT2D eigenvalue weighted by Crippen LogP contribution is 2.08. The van der Waals surface area contributed by atoms with Crippen molar-refractivity contribution in [2.75, 3.05) is 32.9 Å². The maximum atomic E-state index is 12.1. The number of halogens is 1. The van der Waals surface area contributed by atoms with E-state index in [0.717, 1.165) is 19.6 Å². The first-order valence-electron chi connectivity index (χ1n) is 4.70. The molecule has 76 valence electrons. The third-order valence-corrected chi connectivity index (χ3v) is 2.58. The van der Waals surface area contributed by atoms with E-state index in [0.29, 0.717) is 6.54 Å². The molecule has 0 aliphatic carbocycles. The number of rotatable bonds is 2. The van der Waals surface area contributed by atoms with E-state index in [-0.39, 0.29) is 18.6 Å². The van der Waals surface area contributed by atoms with Crippen LogP contribution in [0.2, 0.25) is 0 Å². The summed E-state index contributed by atoms with van der Waals surface area (Å²) in [6.45, 7) is 6.07. The first-order valence-corrected chi connectivity index (χ1v) is 4.70. The van der Waals surface area contributed by atoms with Crippen LogP contribution in [0.4, 0.5) is 4.39 Å². The Morgan fingerprint density at radius 3 is 2.69 bits per heavy atom. The number of piperazine rings is 1.